The highest BCUT2D eigenvalue weighted by molar-refractivity contribution is 6.32. The molecule has 1 atom stereocenters. The second-order valence-corrected chi connectivity index (χ2v) is 7.70. The fourth-order valence-electron chi connectivity index (χ4n) is 2.92. The van der Waals surface area contributed by atoms with Gasteiger partial charge in [-0.25, -0.2) is 4.79 Å². The van der Waals surface area contributed by atoms with Crippen LogP contribution in [0.1, 0.15) is 49.4 Å². The number of carbonyl (C=O) groups is 2. The standard InChI is InChI=1S/C24H28ClNO5/c1-15(2)18-7-9-19(10-8-18)16(3)26-22(27)14-31-23(28)11-6-17-12-20(25)24(30-5)21(13-17)29-4/h6-13,15-16H,14H2,1-5H3,(H,26,27). The zero-order valence-corrected chi connectivity index (χ0v) is 19.2. The summed E-state index contributed by atoms with van der Waals surface area (Å²) in [7, 11) is 2.98. The lowest BCUT2D eigenvalue weighted by Gasteiger charge is -2.15. The largest absolute Gasteiger partial charge is 0.493 e. The molecule has 2 aromatic carbocycles. The molecule has 0 aliphatic rings. The predicted octanol–water partition coefficient (Wildman–Crippen LogP) is 4.91. The van der Waals surface area contributed by atoms with Gasteiger partial charge in [-0.2, -0.15) is 0 Å². The Morgan fingerprint density at radius 2 is 1.68 bits per heavy atom. The van der Waals surface area contributed by atoms with Crippen LogP contribution in [0.3, 0.4) is 0 Å². The molecule has 0 aliphatic carbocycles. The third-order valence-electron chi connectivity index (χ3n) is 4.69. The van der Waals surface area contributed by atoms with Crippen molar-refractivity contribution in [3.8, 4) is 11.5 Å². The lowest BCUT2D eigenvalue weighted by Crippen LogP contribution is -2.30. The number of hydrogen-bond acceptors (Lipinski definition) is 5. The third kappa shape index (κ3) is 7.03. The number of rotatable bonds is 9. The van der Waals surface area contributed by atoms with Gasteiger partial charge in [0.15, 0.2) is 18.1 Å². The highest BCUT2D eigenvalue weighted by Gasteiger charge is 2.12. The topological polar surface area (TPSA) is 73.9 Å². The molecule has 0 saturated heterocycles. The van der Waals surface area contributed by atoms with Crippen molar-refractivity contribution in [2.75, 3.05) is 20.8 Å². The third-order valence-corrected chi connectivity index (χ3v) is 4.97. The number of carbonyl (C=O) groups excluding carboxylic acids is 2. The van der Waals surface area contributed by atoms with Crippen LogP contribution in [0.5, 0.6) is 11.5 Å². The van der Waals surface area contributed by atoms with Gasteiger partial charge in [0, 0.05) is 6.08 Å². The molecule has 0 heterocycles. The summed E-state index contributed by atoms with van der Waals surface area (Å²) in [5.74, 6) is 0.277. The van der Waals surface area contributed by atoms with Gasteiger partial charge in [0.1, 0.15) is 0 Å². The van der Waals surface area contributed by atoms with E-state index in [0.717, 1.165) is 5.56 Å². The molecule has 2 aromatic rings. The van der Waals surface area contributed by atoms with E-state index < -0.39 is 5.97 Å². The molecule has 2 rings (SSSR count). The molecule has 0 spiro atoms. The minimum atomic E-state index is -0.644. The second kappa shape index (κ2) is 11.4. The number of ether oxygens (including phenoxy) is 3. The monoisotopic (exact) mass is 445 g/mol. The predicted molar refractivity (Wildman–Crippen MR) is 122 cm³/mol. The highest BCUT2D eigenvalue weighted by atomic mass is 35.5. The average molecular weight is 446 g/mol. The number of halogens is 1. The molecule has 1 N–H and O–H groups in total. The van der Waals surface area contributed by atoms with Crippen molar-refractivity contribution >= 4 is 29.6 Å². The molecular formula is C24H28ClNO5. The zero-order valence-electron chi connectivity index (χ0n) is 18.4. The zero-order chi connectivity index (χ0) is 23.0. The summed E-state index contributed by atoms with van der Waals surface area (Å²) < 4.78 is 15.4. The molecule has 1 amide bonds. The maximum absolute atomic E-state index is 12.1. The Morgan fingerprint density at radius 3 is 2.26 bits per heavy atom. The van der Waals surface area contributed by atoms with E-state index in [1.54, 1.807) is 12.1 Å². The van der Waals surface area contributed by atoms with Crippen LogP contribution in [-0.2, 0) is 14.3 Å². The lowest BCUT2D eigenvalue weighted by molar-refractivity contribution is -0.144. The fraction of sp³-hybridized carbons (Fsp3) is 0.333. The van der Waals surface area contributed by atoms with Gasteiger partial charge in [0.05, 0.1) is 25.3 Å². The van der Waals surface area contributed by atoms with E-state index in [-0.39, 0.29) is 18.6 Å². The van der Waals surface area contributed by atoms with E-state index in [0.29, 0.717) is 28.0 Å². The number of nitrogens with one attached hydrogen (secondary N) is 1. The number of amides is 1. The maximum atomic E-state index is 12.1. The lowest BCUT2D eigenvalue weighted by atomic mass is 9.99. The van der Waals surface area contributed by atoms with Crippen molar-refractivity contribution in [3.63, 3.8) is 0 Å². The van der Waals surface area contributed by atoms with Crippen LogP contribution in [0, 0.1) is 0 Å². The molecule has 166 valence electrons. The summed E-state index contributed by atoms with van der Waals surface area (Å²) >= 11 is 6.15. The van der Waals surface area contributed by atoms with Gasteiger partial charge in [0.2, 0.25) is 0 Å². The molecule has 7 heteroatoms. The Labute approximate surface area is 188 Å². The van der Waals surface area contributed by atoms with Gasteiger partial charge in [-0.05, 0) is 47.7 Å². The fourth-order valence-corrected chi connectivity index (χ4v) is 3.22. The van der Waals surface area contributed by atoms with Gasteiger partial charge in [-0.3, -0.25) is 4.79 Å². The molecule has 0 aromatic heterocycles. The van der Waals surface area contributed by atoms with E-state index in [1.807, 2.05) is 31.2 Å². The van der Waals surface area contributed by atoms with Gasteiger partial charge in [0.25, 0.3) is 5.91 Å². The average Bonchev–Trinajstić information content (AvgIpc) is 2.75. The van der Waals surface area contributed by atoms with Crippen LogP contribution in [0.2, 0.25) is 5.02 Å². The first kappa shape index (κ1) is 24.3. The molecular weight excluding hydrogens is 418 g/mol. The first-order valence-electron chi connectivity index (χ1n) is 9.90. The van der Waals surface area contributed by atoms with Gasteiger partial charge in [-0.1, -0.05) is 49.7 Å². The summed E-state index contributed by atoms with van der Waals surface area (Å²) in [6.45, 7) is 5.76. The number of methoxy groups -OCH3 is 2. The maximum Gasteiger partial charge on any atom is 0.331 e. The van der Waals surface area contributed by atoms with Crippen molar-refractivity contribution in [2.24, 2.45) is 0 Å². The van der Waals surface area contributed by atoms with Gasteiger partial charge in [-0.15, -0.1) is 0 Å². The van der Waals surface area contributed by atoms with Crippen LogP contribution in [0.4, 0.5) is 0 Å². The molecule has 1 unspecified atom stereocenters. The highest BCUT2D eigenvalue weighted by Crippen LogP contribution is 2.36. The normalized spacial score (nSPS) is 12.0. The van der Waals surface area contributed by atoms with Crippen molar-refractivity contribution in [1.82, 2.24) is 5.32 Å². The molecule has 0 fully saturated rings. The van der Waals surface area contributed by atoms with Crippen LogP contribution in [0.25, 0.3) is 6.08 Å². The molecule has 6 nitrogen and oxygen atoms in total. The van der Waals surface area contributed by atoms with Gasteiger partial charge >= 0.3 is 5.97 Å². The summed E-state index contributed by atoms with van der Waals surface area (Å²) in [6.07, 6.45) is 2.74. The molecule has 0 saturated carbocycles. The minimum Gasteiger partial charge on any atom is -0.493 e. The number of benzene rings is 2. The molecule has 31 heavy (non-hydrogen) atoms. The van der Waals surface area contributed by atoms with Crippen molar-refractivity contribution < 1.29 is 23.8 Å². The van der Waals surface area contributed by atoms with Crippen LogP contribution in [0.15, 0.2) is 42.5 Å². The Morgan fingerprint density at radius 1 is 1.03 bits per heavy atom. The Balaban J connectivity index is 1.88. The summed E-state index contributed by atoms with van der Waals surface area (Å²) in [4.78, 5) is 24.1. The first-order chi connectivity index (χ1) is 14.7. The van der Waals surface area contributed by atoms with Crippen LogP contribution in [-0.4, -0.2) is 32.7 Å². The van der Waals surface area contributed by atoms with Crippen LogP contribution < -0.4 is 14.8 Å². The molecule has 0 bridgehead atoms. The Kier molecular flexibility index (Phi) is 8.94. The molecule has 0 radical (unpaired) electrons. The van der Waals surface area contributed by atoms with Crippen molar-refractivity contribution in [2.45, 2.75) is 32.7 Å². The smallest absolute Gasteiger partial charge is 0.331 e. The van der Waals surface area contributed by atoms with Crippen molar-refractivity contribution in [3.05, 3.63) is 64.2 Å². The van der Waals surface area contributed by atoms with E-state index in [4.69, 9.17) is 25.8 Å². The summed E-state index contributed by atoms with van der Waals surface area (Å²) in [5.41, 5.74) is 2.84. The SMILES string of the molecule is COc1cc(C=CC(=O)OCC(=O)NC(C)c2ccc(C(C)C)cc2)cc(Cl)c1OC. The van der Waals surface area contributed by atoms with Crippen LogP contribution >= 0.6 is 11.6 Å². The quantitative estimate of drug-likeness (QED) is 0.438. The Bertz CT molecular complexity index is 938. The second-order valence-electron chi connectivity index (χ2n) is 7.29. The van der Waals surface area contributed by atoms with Gasteiger partial charge < -0.3 is 19.5 Å². The minimum absolute atomic E-state index is 0.197. The van der Waals surface area contributed by atoms with E-state index in [1.165, 1.54) is 31.9 Å². The number of hydrogen-bond donors (Lipinski definition) is 1. The molecule has 0 aliphatic heterocycles. The van der Waals surface area contributed by atoms with E-state index in [9.17, 15) is 9.59 Å². The Hall–Kier alpha value is -2.99. The summed E-state index contributed by atoms with van der Waals surface area (Å²) in [6, 6.07) is 11.2. The summed E-state index contributed by atoms with van der Waals surface area (Å²) in [5, 5.41) is 3.17. The van der Waals surface area contributed by atoms with E-state index in [2.05, 4.69) is 19.2 Å². The first-order valence-corrected chi connectivity index (χ1v) is 10.3. The number of esters is 1. The van der Waals surface area contributed by atoms with E-state index >= 15 is 0 Å². The van der Waals surface area contributed by atoms with Crippen molar-refractivity contribution in [1.29, 1.82) is 0 Å².